The SMILES string of the molecule is CN1C(=O)C(C)(N2CCCCC2)CC1c1ccc(-c2ccccc2Cl)s1.Cl. The van der Waals surface area contributed by atoms with Crippen LogP contribution >= 0.6 is 35.3 Å². The highest BCUT2D eigenvalue weighted by atomic mass is 35.5. The van der Waals surface area contributed by atoms with E-state index in [1.807, 2.05) is 30.1 Å². The Kier molecular flexibility index (Phi) is 6.21. The summed E-state index contributed by atoms with van der Waals surface area (Å²) in [7, 11) is 1.96. The van der Waals surface area contributed by atoms with Gasteiger partial charge < -0.3 is 4.90 Å². The zero-order chi connectivity index (χ0) is 18.3. The third-order valence-electron chi connectivity index (χ3n) is 5.99. The molecule has 0 aliphatic carbocycles. The van der Waals surface area contributed by atoms with Crippen LogP contribution < -0.4 is 0 Å². The lowest BCUT2D eigenvalue weighted by molar-refractivity contribution is -0.137. The highest BCUT2D eigenvalue weighted by molar-refractivity contribution is 7.15. The molecule has 2 saturated heterocycles. The van der Waals surface area contributed by atoms with Crippen molar-refractivity contribution in [1.29, 1.82) is 0 Å². The predicted octanol–water partition coefficient (Wildman–Crippen LogP) is 5.64. The Hall–Kier alpha value is -1.07. The van der Waals surface area contributed by atoms with Gasteiger partial charge in [-0.25, -0.2) is 0 Å². The summed E-state index contributed by atoms with van der Waals surface area (Å²) in [6.45, 7) is 4.22. The summed E-state index contributed by atoms with van der Waals surface area (Å²) in [5.41, 5.74) is 0.699. The van der Waals surface area contributed by atoms with Crippen molar-refractivity contribution in [3.63, 3.8) is 0 Å². The molecule has 0 N–H and O–H groups in total. The maximum Gasteiger partial charge on any atom is 0.243 e. The van der Waals surface area contributed by atoms with Crippen LogP contribution in [-0.4, -0.2) is 41.4 Å². The van der Waals surface area contributed by atoms with E-state index in [9.17, 15) is 4.79 Å². The molecular formula is C21H26Cl2N2OS. The van der Waals surface area contributed by atoms with Crippen LogP contribution in [-0.2, 0) is 4.79 Å². The Balaban J connectivity index is 0.00000210. The number of likely N-dealkylation sites (tertiary alicyclic amines) is 2. The summed E-state index contributed by atoms with van der Waals surface area (Å²) < 4.78 is 0. The summed E-state index contributed by atoms with van der Waals surface area (Å²) in [6, 6.07) is 12.4. The highest BCUT2D eigenvalue weighted by Crippen LogP contribution is 2.45. The second kappa shape index (κ2) is 8.12. The Labute approximate surface area is 176 Å². The first kappa shape index (κ1) is 20.7. The fourth-order valence-electron chi connectivity index (χ4n) is 4.40. The molecule has 27 heavy (non-hydrogen) atoms. The first-order valence-corrected chi connectivity index (χ1v) is 10.6. The second-order valence-electron chi connectivity index (χ2n) is 7.64. The largest absolute Gasteiger partial charge is 0.336 e. The Morgan fingerprint density at radius 3 is 2.52 bits per heavy atom. The molecule has 2 fully saturated rings. The van der Waals surface area contributed by atoms with Crippen LogP contribution in [0.1, 0.15) is 43.5 Å². The van der Waals surface area contributed by atoms with Gasteiger partial charge in [-0.05, 0) is 57.5 Å². The summed E-state index contributed by atoms with van der Waals surface area (Å²) in [5.74, 6) is 0.261. The molecule has 0 spiro atoms. The number of piperidine rings is 1. The lowest BCUT2D eigenvalue weighted by Gasteiger charge is -2.39. The quantitative estimate of drug-likeness (QED) is 0.636. The average molecular weight is 425 g/mol. The van der Waals surface area contributed by atoms with Gasteiger partial charge in [0.1, 0.15) is 5.54 Å². The van der Waals surface area contributed by atoms with Gasteiger partial charge in [0.15, 0.2) is 0 Å². The smallest absolute Gasteiger partial charge is 0.243 e. The van der Waals surface area contributed by atoms with Crippen LogP contribution in [0.2, 0.25) is 5.02 Å². The summed E-state index contributed by atoms with van der Waals surface area (Å²) in [6.07, 6.45) is 4.55. The molecular weight excluding hydrogens is 399 g/mol. The monoisotopic (exact) mass is 424 g/mol. The summed E-state index contributed by atoms with van der Waals surface area (Å²) in [5, 5.41) is 0.773. The number of carbonyl (C=O) groups excluding carboxylic acids is 1. The van der Waals surface area contributed by atoms with E-state index >= 15 is 0 Å². The van der Waals surface area contributed by atoms with Crippen molar-refractivity contribution in [1.82, 2.24) is 9.80 Å². The van der Waals surface area contributed by atoms with E-state index in [0.717, 1.165) is 35.0 Å². The van der Waals surface area contributed by atoms with Crippen molar-refractivity contribution in [2.24, 2.45) is 0 Å². The van der Waals surface area contributed by atoms with E-state index in [2.05, 4.69) is 30.0 Å². The highest BCUT2D eigenvalue weighted by Gasteiger charge is 2.51. The van der Waals surface area contributed by atoms with Gasteiger partial charge in [0, 0.05) is 27.4 Å². The average Bonchev–Trinajstić information content (AvgIpc) is 3.23. The van der Waals surface area contributed by atoms with Crippen molar-refractivity contribution in [3.05, 3.63) is 46.3 Å². The van der Waals surface area contributed by atoms with E-state index in [4.69, 9.17) is 11.6 Å². The zero-order valence-electron chi connectivity index (χ0n) is 15.8. The van der Waals surface area contributed by atoms with Crippen molar-refractivity contribution in [2.45, 2.75) is 44.2 Å². The molecule has 2 aliphatic heterocycles. The van der Waals surface area contributed by atoms with Gasteiger partial charge in [0.05, 0.1) is 6.04 Å². The molecule has 2 aromatic rings. The van der Waals surface area contributed by atoms with Crippen molar-refractivity contribution in [2.75, 3.05) is 20.1 Å². The third kappa shape index (κ3) is 3.65. The van der Waals surface area contributed by atoms with Crippen LogP contribution in [0.4, 0.5) is 0 Å². The maximum atomic E-state index is 13.1. The zero-order valence-corrected chi connectivity index (χ0v) is 18.2. The minimum Gasteiger partial charge on any atom is -0.336 e. The number of thiophene rings is 1. The molecule has 2 aliphatic rings. The van der Waals surface area contributed by atoms with E-state index < -0.39 is 0 Å². The molecule has 0 saturated carbocycles. The van der Waals surface area contributed by atoms with E-state index in [-0.39, 0.29) is 29.9 Å². The number of hydrogen-bond donors (Lipinski definition) is 0. The standard InChI is InChI=1S/C21H25ClN2OS.ClH/c1-21(24-12-6-3-7-13-24)14-17(23(2)20(21)25)19-11-10-18(26-19)15-8-4-5-9-16(15)22;/h4-5,8-11,17H,3,6-7,12-14H2,1-2H3;1H. The number of amides is 1. The molecule has 2 unspecified atom stereocenters. The molecule has 3 nitrogen and oxygen atoms in total. The number of nitrogens with zero attached hydrogens (tertiary/aromatic N) is 2. The number of likely N-dealkylation sites (N-methyl/N-ethyl adjacent to an activating group) is 1. The van der Waals surface area contributed by atoms with Crippen molar-refractivity contribution < 1.29 is 4.79 Å². The van der Waals surface area contributed by atoms with Gasteiger partial charge in [-0.2, -0.15) is 0 Å². The molecule has 146 valence electrons. The normalized spacial score (nSPS) is 26.3. The van der Waals surface area contributed by atoms with Gasteiger partial charge >= 0.3 is 0 Å². The van der Waals surface area contributed by atoms with Crippen LogP contribution in [0.25, 0.3) is 10.4 Å². The van der Waals surface area contributed by atoms with Crippen LogP contribution in [0.15, 0.2) is 36.4 Å². The van der Waals surface area contributed by atoms with Crippen LogP contribution in [0.5, 0.6) is 0 Å². The summed E-state index contributed by atoms with van der Waals surface area (Å²) >= 11 is 8.12. The summed E-state index contributed by atoms with van der Waals surface area (Å²) in [4.78, 5) is 19.9. The lowest BCUT2D eigenvalue weighted by atomic mass is 9.92. The first-order valence-electron chi connectivity index (χ1n) is 9.37. The van der Waals surface area contributed by atoms with Crippen LogP contribution in [0.3, 0.4) is 0 Å². The number of hydrogen-bond acceptors (Lipinski definition) is 3. The Morgan fingerprint density at radius 2 is 1.81 bits per heavy atom. The molecule has 0 bridgehead atoms. The number of rotatable bonds is 3. The molecule has 1 aromatic carbocycles. The van der Waals surface area contributed by atoms with E-state index in [0.29, 0.717) is 0 Å². The van der Waals surface area contributed by atoms with Crippen molar-refractivity contribution in [3.8, 4) is 10.4 Å². The third-order valence-corrected chi connectivity index (χ3v) is 7.54. The minimum absolute atomic E-state index is 0. The first-order chi connectivity index (χ1) is 12.5. The fraction of sp³-hybridized carbons (Fsp3) is 0.476. The molecule has 2 atom stereocenters. The van der Waals surface area contributed by atoms with Gasteiger partial charge in [0.2, 0.25) is 5.91 Å². The molecule has 1 amide bonds. The van der Waals surface area contributed by atoms with E-state index in [1.165, 1.54) is 24.1 Å². The topological polar surface area (TPSA) is 23.6 Å². The molecule has 0 radical (unpaired) electrons. The molecule has 1 aromatic heterocycles. The van der Waals surface area contributed by atoms with Gasteiger partial charge in [-0.3, -0.25) is 9.69 Å². The maximum absolute atomic E-state index is 13.1. The number of benzene rings is 1. The molecule has 3 heterocycles. The Morgan fingerprint density at radius 1 is 1.11 bits per heavy atom. The molecule has 6 heteroatoms. The molecule has 4 rings (SSSR count). The Bertz CT molecular complexity index is 818. The van der Waals surface area contributed by atoms with Crippen LogP contribution in [0, 0.1) is 0 Å². The van der Waals surface area contributed by atoms with Gasteiger partial charge in [-0.1, -0.05) is 36.2 Å². The lowest BCUT2D eigenvalue weighted by Crippen LogP contribution is -2.53. The predicted molar refractivity (Wildman–Crippen MR) is 116 cm³/mol. The van der Waals surface area contributed by atoms with Crippen molar-refractivity contribution >= 4 is 41.3 Å². The number of halogens is 2. The van der Waals surface area contributed by atoms with E-state index in [1.54, 1.807) is 11.3 Å². The minimum atomic E-state index is -0.367. The van der Waals surface area contributed by atoms with Gasteiger partial charge in [0.25, 0.3) is 0 Å². The number of carbonyl (C=O) groups is 1. The second-order valence-corrected chi connectivity index (χ2v) is 9.16. The fourth-order valence-corrected chi connectivity index (χ4v) is 5.89. The van der Waals surface area contributed by atoms with Gasteiger partial charge in [-0.15, -0.1) is 23.7 Å².